The van der Waals surface area contributed by atoms with Gasteiger partial charge < -0.3 is 17.0 Å². The van der Waals surface area contributed by atoms with E-state index >= 15 is 0 Å². The van der Waals surface area contributed by atoms with Crippen LogP contribution in [0.4, 0.5) is 0 Å². The van der Waals surface area contributed by atoms with Crippen molar-refractivity contribution in [1.82, 2.24) is 0 Å². The Kier molecular flexibility index (Phi) is 13.1. The third-order valence-electron chi connectivity index (χ3n) is 2.79. The molecule has 0 amide bonds. The minimum Gasteiger partial charge on any atom is -1.00 e. The van der Waals surface area contributed by atoms with Crippen LogP contribution < -0.4 is 17.0 Å². The van der Waals surface area contributed by atoms with Gasteiger partial charge in [-0.15, -0.1) is 0 Å². The van der Waals surface area contributed by atoms with Crippen LogP contribution in [0.2, 0.25) is 20.8 Å². The van der Waals surface area contributed by atoms with Gasteiger partial charge >= 0.3 is 87.8 Å². The van der Waals surface area contributed by atoms with Crippen LogP contribution in [0.15, 0.2) is 0 Å². The smallest absolute Gasteiger partial charge is 1.00 e. The minimum absolute atomic E-state index is 0. The van der Waals surface area contributed by atoms with Crippen molar-refractivity contribution in [1.29, 1.82) is 0 Å². The predicted octanol–water partition coefficient (Wildman–Crippen LogP) is 2.08. The Labute approximate surface area is 104 Å². The maximum atomic E-state index is 2.37. The van der Waals surface area contributed by atoms with Crippen LogP contribution in [-0.4, -0.2) is 13.6 Å². The fourth-order valence-electron chi connectivity index (χ4n) is 2.57. The van der Waals surface area contributed by atoms with Gasteiger partial charge in [-0.2, -0.15) is 0 Å². The molecule has 0 fully saturated rings. The Morgan fingerprint density at radius 3 is 0.929 bits per heavy atom. The van der Waals surface area contributed by atoms with Crippen molar-refractivity contribution in [2.75, 3.05) is 0 Å². The Morgan fingerprint density at radius 1 is 0.571 bits per heavy atom. The van der Waals surface area contributed by atoms with E-state index in [1.807, 2.05) is 0 Å². The molecule has 2 heteroatoms. The fourth-order valence-corrected chi connectivity index (χ4v) is 13.3. The van der Waals surface area contributed by atoms with Gasteiger partial charge in [0.15, 0.2) is 0 Å². The van der Waals surface area contributed by atoms with Crippen LogP contribution in [-0.2, 0) is 0 Å². The van der Waals surface area contributed by atoms with Gasteiger partial charge in [0, 0.05) is 0 Å². The number of rotatable bonds is 8. The van der Waals surface area contributed by atoms with E-state index in [1.165, 1.54) is 25.7 Å². The molecule has 0 aromatic heterocycles. The van der Waals surface area contributed by atoms with Gasteiger partial charge in [-0.3, -0.25) is 0 Å². The predicted molar refractivity (Wildman–Crippen MR) is 66.1 cm³/mol. The first kappa shape index (κ1) is 17.4. The van der Waals surface area contributed by atoms with E-state index < -0.39 is 13.6 Å². The van der Waals surface area contributed by atoms with E-state index in [0.717, 1.165) is 0 Å². The molecule has 14 heavy (non-hydrogen) atoms. The van der Waals surface area contributed by atoms with Crippen molar-refractivity contribution in [2.45, 2.75) is 74.2 Å². The second-order valence-corrected chi connectivity index (χ2v) is 13.6. The molecular formula is C12H28AsBr. The summed E-state index contributed by atoms with van der Waals surface area (Å²) in [5, 5.41) is 6.48. The van der Waals surface area contributed by atoms with Gasteiger partial charge in [-0.25, -0.2) is 0 Å². The van der Waals surface area contributed by atoms with Crippen molar-refractivity contribution >= 4 is 13.6 Å². The minimum atomic E-state index is -1.15. The van der Waals surface area contributed by atoms with Gasteiger partial charge in [0.05, 0.1) is 0 Å². The van der Waals surface area contributed by atoms with Gasteiger partial charge in [0.25, 0.3) is 0 Å². The summed E-state index contributed by atoms with van der Waals surface area (Å²) < 4.78 is 0. The molecule has 0 unspecified atom stereocenters. The SMILES string of the molecule is CCC[As+](CCC)(CCC)CCC.[Br-]. The molecule has 0 atom stereocenters. The summed E-state index contributed by atoms with van der Waals surface area (Å²) in [5.74, 6) is 0. The quantitative estimate of drug-likeness (QED) is 0.599. The summed E-state index contributed by atoms with van der Waals surface area (Å²) in [4.78, 5) is 0. The molecule has 0 radical (unpaired) electrons. The van der Waals surface area contributed by atoms with Crippen molar-refractivity contribution < 1.29 is 17.0 Å². The van der Waals surface area contributed by atoms with Crippen molar-refractivity contribution in [3.05, 3.63) is 0 Å². The monoisotopic (exact) mass is 326 g/mol. The maximum absolute atomic E-state index is 2.37. The first-order valence-electron chi connectivity index (χ1n) is 6.09. The van der Waals surface area contributed by atoms with Crippen LogP contribution in [0.3, 0.4) is 0 Å². The van der Waals surface area contributed by atoms with Crippen LogP contribution >= 0.6 is 0 Å². The molecule has 0 rings (SSSR count). The van der Waals surface area contributed by atoms with Gasteiger partial charge in [0.1, 0.15) is 0 Å². The molecule has 0 aliphatic carbocycles. The van der Waals surface area contributed by atoms with E-state index in [2.05, 4.69) is 27.7 Å². The molecule has 0 aromatic rings. The molecule has 0 bridgehead atoms. The molecule has 0 saturated heterocycles. The molecule has 0 aliphatic heterocycles. The molecule has 0 spiro atoms. The van der Waals surface area contributed by atoms with E-state index in [0.29, 0.717) is 0 Å². The average Bonchev–Trinajstić information content (AvgIpc) is 2.06. The molecule has 0 heterocycles. The number of hydrogen-bond acceptors (Lipinski definition) is 0. The molecule has 0 aromatic carbocycles. The Hall–Kier alpha value is 1.04. The third kappa shape index (κ3) is 6.51. The van der Waals surface area contributed by atoms with Crippen LogP contribution in [0.5, 0.6) is 0 Å². The summed E-state index contributed by atoms with van der Waals surface area (Å²) in [5.41, 5.74) is 0. The first-order chi connectivity index (χ1) is 6.24. The maximum Gasteiger partial charge on any atom is -1.00 e. The van der Waals surface area contributed by atoms with Gasteiger partial charge in [0.2, 0.25) is 0 Å². The number of halogens is 1. The molecule has 88 valence electrons. The molecule has 0 N–H and O–H groups in total. The summed E-state index contributed by atoms with van der Waals surface area (Å²) in [7, 11) is 0. The standard InChI is InChI=1S/C12H28As.BrH/c1-5-9-13(10-6-2,11-7-3)12-8-4;/h5-12H2,1-4H3;1H/q+1;/p-1. The first-order valence-corrected chi connectivity index (χ1v) is 11.4. The van der Waals surface area contributed by atoms with E-state index in [-0.39, 0.29) is 17.0 Å². The molecular weight excluding hydrogens is 299 g/mol. The Balaban J connectivity index is 0. The van der Waals surface area contributed by atoms with Crippen molar-refractivity contribution in [3.63, 3.8) is 0 Å². The summed E-state index contributed by atoms with van der Waals surface area (Å²) in [6, 6.07) is 0. The topological polar surface area (TPSA) is 0 Å². The number of hydrogen-bond donors (Lipinski definition) is 0. The third-order valence-corrected chi connectivity index (χ3v) is 14.5. The van der Waals surface area contributed by atoms with E-state index in [9.17, 15) is 0 Å². The van der Waals surface area contributed by atoms with E-state index in [4.69, 9.17) is 0 Å². The van der Waals surface area contributed by atoms with E-state index in [1.54, 1.807) is 20.8 Å². The summed E-state index contributed by atoms with van der Waals surface area (Å²) in [6.45, 7) is 9.49. The van der Waals surface area contributed by atoms with Crippen molar-refractivity contribution in [2.24, 2.45) is 0 Å². The largest absolute Gasteiger partial charge is 1.00 e. The van der Waals surface area contributed by atoms with Crippen LogP contribution in [0.25, 0.3) is 0 Å². The van der Waals surface area contributed by atoms with Gasteiger partial charge in [-0.05, 0) is 0 Å². The van der Waals surface area contributed by atoms with Crippen molar-refractivity contribution in [3.8, 4) is 0 Å². The zero-order chi connectivity index (χ0) is 10.2. The second kappa shape index (κ2) is 10.6. The zero-order valence-corrected chi connectivity index (χ0v) is 13.9. The fraction of sp³-hybridized carbons (Fsp3) is 1.00. The van der Waals surface area contributed by atoms with Crippen LogP contribution in [0, 0.1) is 0 Å². The zero-order valence-electron chi connectivity index (χ0n) is 10.5. The molecule has 0 aliphatic rings. The normalized spacial score (nSPS) is 11.1. The average molecular weight is 327 g/mol. The van der Waals surface area contributed by atoms with Gasteiger partial charge in [-0.1, -0.05) is 0 Å². The second-order valence-electron chi connectivity index (χ2n) is 4.24. The Morgan fingerprint density at radius 2 is 0.786 bits per heavy atom. The summed E-state index contributed by atoms with van der Waals surface area (Å²) in [6.07, 6.45) is 5.75. The van der Waals surface area contributed by atoms with Crippen LogP contribution in [0.1, 0.15) is 53.4 Å². The molecule has 0 nitrogen and oxygen atoms in total. The molecule has 0 saturated carbocycles. The summed E-state index contributed by atoms with van der Waals surface area (Å²) >= 11 is -1.15. The Bertz CT molecular complexity index is 85.4.